The van der Waals surface area contributed by atoms with Crippen LogP contribution in [0.1, 0.15) is 62.0 Å². The van der Waals surface area contributed by atoms with Crippen molar-refractivity contribution >= 4 is 40.7 Å². The van der Waals surface area contributed by atoms with E-state index in [1.807, 2.05) is 0 Å². The third-order valence-corrected chi connectivity index (χ3v) is 7.32. The van der Waals surface area contributed by atoms with Crippen LogP contribution >= 0.6 is 23.2 Å². The van der Waals surface area contributed by atoms with E-state index < -0.39 is 48.1 Å². The minimum Gasteiger partial charge on any atom is -0.345 e. The molecule has 0 radical (unpaired) electrons. The summed E-state index contributed by atoms with van der Waals surface area (Å²) in [6, 6.07) is 10.5. The Bertz CT molecular complexity index is 1990. The molecular weight excluding hydrogens is 691 g/mol. The van der Waals surface area contributed by atoms with E-state index in [-0.39, 0.29) is 38.5 Å². The van der Waals surface area contributed by atoms with Gasteiger partial charge in [-0.3, -0.25) is 9.59 Å². The van der Waals surface area contributed by atoms with Gasteiger partial charge < -0.3 is 10.6 Å². The van der Waals surface area contributed by atoms with Crippen LogP contribution in [-0.4, -0.2) is 46.8 Å². The molecule has 0 spiro atoms. The highest BCUT2D eigenvalue weighted by Crippen LogP contribution is 2.31. The number of aryl methyl sites for hydroxylation is 1. The highest BCUT2D eigenvalue weighted by molar-refractivity contribution is 6.32. The lowest BCUT2D eigenvalue weighted by Crippen LogP contribution is -2.28. The highest BCUT2D eigenvalue weighted by Gasteiger charge is 2.37. The molecule has 3 heterocycles. The van der Waals surface area contributed by atoms with Gasteiger partial charge in [-0.25, -0.2) is 9.67 Å². The molecule has 2 N–H and O–H groups in total. The Hall–Kier alpha value is -5.03. The Morgan fingerprint density at radius 2 is 1.65 bits per heavy atom. The van der Waals surface area contributed by atoms with Crippen molar-refractivity contribution in [1.29, 1.82) is 0 Å². The molecule has 2 amide bonds. The van der Waals surface area contributed by atoms with Gasteiger partial charge in [0.25, 0.3) is 17.6 Å². The predicted octanol–water partition coefficient (Wildman–Crippen LogP) is 6.70. The lowest BCUT2D eigenvalue weighted by molar-refractivity contribution is -0.145. The van der Waals surface area contributed by atoms with E-state index in [0.29, 0.717) is 15.9 Å². The van der Waals surface area contributed by atoms with Crippen molar-refractivity contribution in [3.05, 3.63) is 110 Å². The fraction of sp³-hybridized carbons (Fsp3) is 0.207. The van der Waals surface area contributed by atoms with Gasteiger partial charge in [0.15, 0.2) is 5.82 Å². The van der Waals surface area contributed by atoms with Crippen LogP contribution in [0.5, 0.6) is 0 Å². The molecule has 11 nitrogen and oxygen atoms in total. The summed E-state index contributed by atoms with van der Waals surface area (Å²) in [6.07, 6.45) is -7.99. The largest absolute Gasteiger partial charge is 0.455 e. The van der Waals surface area contributed by atoms with Crippen LogP contribution in [0.4, 0.5) is 32.0 Å². The summed E-state index contributed by atoms with van der Waals surface area (Å²) in [5.74, 6) is -2.99. The lowest BCUT2D eigenvalue weighted by atomic mass is 10.0. The van der Waals surface area contributed by atoms with Gasteiger partial charge in [-0.2, -0.15) is 36.2 Å². The van der Waals surface area contributed by atoms with Gasteiger partial charge in [0.2, 0.25) is 0 Å². The summed E-state index contributed by atoms with van der Waals surface area (Å²) in [6.45, 7) is 2.72. The van der Waals surface area contributed by atoms with Gasteiger partial charge in [-0.05, 0) is 72.7 Å². The zero-order valence-electron chi connectivity index (χ0n) is 24.5. The quantitative estimate of drug-likeness (QED) is 0.171. The number of anilines is 1. The van der Waals surface area contributed by atoms with Crippen molar-refractivity contribution < 1.29 is 35.9 Å². The number of halogens is 8. The van der Waals surface area contributed by atoms with Crippen LogP contribution in [-0.2, 0) is 18.9 Å². The summed E-state index contributed by atoms with van der Waals surface area (Å²) in [5, 5.41) is 19.5. The Kier molecular flexibility index (Phi) is 9.46. The number of nitrogens with zero attached hydrogens (tertiary/aromatic N) is 7. The van der Waals surface area contributed by atoms with Crippen molar-refractivity contribution in [2.24, 2.45) is 0 Å². The summed E-state index contributed by atoms with van der Waals surface area (Å²) in [7, 11) is 0. The van der Waals surface area contributed by atoms with Gasteiger partial charge in [0, 0.05) is 11.2 Å². The highest BCUT2D eigenvalue weighted by atomic mass is 35.5. The number of benzene rings is 2. The summed E-state index contributed by atoms with van der Waals surface area (Å²) >= 11 is 12.6. The van der Waals surface area contributed by atoms with E-state index in [1.165, 1.54) is 48.7 Å². The first-order valence-corrected chi connectivity index (χ1v) is 14.4. The lowest BCUT2D eigenvalue weighted by Gasteiger charge is -2.19. The molecule has 250 valence electrons. The van der Waals surface area contributed by atoms with Crippen molar-refractivity contribution in [3.8, 4) is 5.82 Å². The van der Waals surface area contributed by atoms with Gasteiger partial charge in [-0.15, -0.1) is 10.2 Å². The number of aromatic nitrogens is 7. The number of rotatable bonds is 8. The second kappa shape index (κ2) is 13.2. The predicted molar refractivity (Wildman–Crippen MR) is 160 cm³/mol. The fourth-order valence-corrected chi connectivity index (χ4v) is 4.99. The van der Waals surface area contributed by atoms with Gasteiger partial charge in [-0.1, -0.05) is 35.3 Å². The van der Waals surface area contributed by atoms with Gasteiger partial charge >= 0.3 is 12.4 Å². The molecule has 3 aromatic heterocycles. The zero-order chi connectivity index (χ0) is 35.0. The SMILES string of the molecule is Cc1cc(Cl)cc(C(=O)NC(C)c2ccc(C(F)(F)F)cc2)c1NC(=O)c1cc(Cn2nnc(C(F)(F)F)n2)nn1-c1ncccc1Cl. The average molecular weight is 712 g/mol. The summed E-state index contributed by atoms with van der Waals surface area (Å²) in [5.41, 5.74) is -0.273. The average Bonchev–Trinajstić information content (AvgIpc) is 3.66. The molecule has 48 heavy (non-hydrogen) atoms. The number of amides is 2. The number of tetrazole rings is 1. The van der Waals surface area contributed by atoms with E-state index in [0.717, 1.165) is 16.8 Å². The van der Waals surface area contributed by atoms with E-state index in [1.54, 1.807) is 13.8 Å². The molecule has 2 aromatic carbocycles. The molecule has 0 bridgehead atoms. The molecule has 19 heteroatoms. The summed E-state index contributed by atoms with van der Waals surface area (Å²) in [4.78, 5) is 32.0. The van der Waals surface area contributed by atoms with Crippen LogP contribution < -0.4 is 10.6 Å². The first-order chi connectivity index (χ1) is 22.5. The Balaban J connectivity index is 1.45. The van der Waals surface area contributed by atoms with Gasteiger partial charge in [0.05, 0.1) is 33.6 Å². The van der Waals surface area contributed by atoms with Crippen LogP contribution in [0, 0.1) is 6.92 Å². The molecule has 0 aliphatic carbocycles. The van der Waals surface area contributed by atoms with E-state index in [4.69, 9.17) is 23.2 Å². The number of hydrogen-bond donors (Lipinski definition) is 2. The molecule has 0 aliphatic heterocycles. The maximum atomic E-state index is 13.8. The fourth-order valence-electron chi connectivity index (χ4n) is 4.52. The minimum absolute atomic E-state index is 0.00857. The molecule has 5 aromatic rings. The van der Waals surface area contributed by atoms with Crippen molar-refractivity contribution in [1.82, 2.24) is 40.3 Å². The smallest absolute Gasteiger partial charge is 0.345 e. The van der Waals surface area contributed by atoms with Crippen LogP contribution in [0.2, 0.25) is 10.0 Å². The molecule has 1 unspecified atom stereocenters. The topological polar surface area (TPSA) is 133 Å². The Morgan fingerprint density at radius 3 is 2.27 bits per heavy atom. The number of hydrogen-bond acceptors (Lipinski definition) is 7. The second-order valence-electron chi connectivity index (χ2n) is 10.3. The number of pyridine rings is 1. The Morgan fingerprint density at radius 1 is 0.938 bits per heavy atom. The number of alkyl halides is 6. The van der Waals surface area contributed by atoms with E-state index in [2.05, 4.69) is 36.1 Å². The monoisotopic (exact) mass is 711 g/mol. The van der Waals surface area contributed by atoms with Crippen molar-refractivity contribution in [2.45, 2.75) is 38.8 Å². The maximum absolute atomic E-state index is 13.8. The molecule has 0 saturated carbocycles. The minimum atomic E-state index is -4.83. The molecule has 0 aliphatic rings. The van der Waals surface area contributed by atoms with Crippen molar-refractivity contribution in [2.75, 3.05) is 5.32 Å². The first kappa shape index (κ1) is 34.3. The third-order valence-electron chi connectivity index (χ3n) is 6.81. The number of carbonyl (C=O) groups excluding carboxylic acids is 2. The second-order valence-corrected chi connectivity index (χ2v) is 11.1. The van der Waals surface area contributed by atoms with Crippen LogP contribution in [0.25, 0.3) is 5.82 Å². The van der Waals surface area contributed by atoms with Crippen molar-refractivity contribution in [3.63, 3.8) is 0 Å². The molecule has 5 rings (SSSR count). The van der Waals surface area contributed by atoms with Gasteiger partial charge in [0.1, 0.15) is 12.2 Å². The number of carbonyl (C=O) groups is 2. The standard InChI is InChI=1S/C29H21Cl2F6N9O2/c1-14-10-18(30)11-20(25(47)39-15(2)16-5-7-17(8-6-16)28(32,33)34)23(14)40-26(48)22-12-19(13-45-43-27(41-44-45)29(35,36)37)42-46(22)24-21(31)4-3-9-38-24/h3-12,15H,13H2,1-2H3,(H,39,47)(H,40,48). The normalized spacial score (nSPS) is 12.5. The van der Waals surface area contributed by atoms with Crippen LogP contribution in [0.15, 0.2) is 60.8 Å². The third kappa shape index (κ3) is 7.57. The number of nitrogens with one attached hydrogen (secondary N) is 2. The maximum Gasteiger partial charge on any atom is 0.455 e. The van der Waals surface area contributed by atoms with E-state index >= 15 is 0 Å². The molecular formula is C29H21Cl2F6N9O2. The first-order valence-electron chi connectivity index (χ1n) is 13.7. The van der Waals surface area contributed by atoms with Crippen LogP contribution in [0.3, 0.4) is 0 Å². The molecule has 1 atom stereocenters. The summed E-state index contributed by atoms with van der Waals surface area (Å²) < 4.78 is 79.1. The molecule has 0 saturated heterocycles. The van der Waals surface area contributed by atoms with E-state index in [9.17, 15) is 35.9 Å². The zero-order valence-corrected chi connectivity index (χ0v) is 26.0. The molecule has 0 fully saturated rings. The Labute approximate surface area is 276 Å².